The average molecular weight is 534 g/mol. The number of hydrogen-bond donors (Lipinski definition) is 2. The van der Waals surface area contributed by atoms with E-state index in [0.717, 1.165) is 37.8 Å². The second-order valence-corrected chi connectivity index (χ2v) is 8.25. The molecule has 2 aromatic heterocycles. The third-order valence-electron chi connectivity index (χ3n) is 4.40. The summed E-state index contributed by atoms with van der Waals surface area (Å²) in [5.74, 6) is 2.77. The van der Waals surface area contributed by atoms with Gasteiger partial charge in [-0.2, -0.15) is 4.98 Å². The molecule has 8 nitrogen and oxygen atoms in total. The molecule has 29 heavy (non-hydrogen) atoms. The lowest BCUT2D eigenvalue weighted by atomic mass is 9.97. The number of hydrogen-bond acceptors (Lipinski definition) is 6. The van der Waals surface area contributed by atoms with Gasteiger partial charge in [-0.05, 0) is 25.5 Å². The Morgan fingerprint density at radius 2 is 2.21 bits per heavy atom. The number of rotatable bonds is 5. The minimum Gasteiger partial charge on any atom is -0.357 e. The van der Waals surface area contributed by atoms with Crippen LogP contribution in [0.1, 0.15) is 45.8 Å². The van der Waals surface area contributed by atoms with Gasteiger partial charge in [0.25, 0.3) is 0 Å². The first-order valence-corrected chi connectivity index (χ1v) is 9.98. The van der Waals surface area contributed by atoms with E-state index in [-0.39, 0.29) is 35.4 Å². The third-order valence-corrected chi connectivity index (χ3v) is 4.70. The SMILES string of the molecule is CCNC(=NCc1noc(C(C)(C)C)n1)NC1CCN(c2ncccc2Cl)C1.I. The maximum atomic E-state index is 6.28. The van der Waals surface area contributed by atoms with Crippen LogP contribution in [0.5, 0.6) is 0 Å². The Balaban J connectivity index is 0.00000300. The Morgan fingerprint density at radius 3 is 2.86 bits per heavy atom. The van der Waals surface area contributed by atoms with Crippen molar-refractivity contribution in [1.29, 1.82) is 0 Å². The summed E-state index contributed by atoms with van der Waals surface area (Å²) in [6, 6.07) is 3.97. The van der Waals surface area contributed by atoms with Crippen LogP contribution in [-0.2, 0) is 12.0 Å². The highest BCUT2D eigenvalue weighted by atomic mass is 127. The molecule has 1 aliphatic rings. The molecule has 10 heteroatoms. The molecule has 0 saturated carbocycles. The lowest BCUT2D eigenvalue weighted by Gasteiger charge is -2.20. The third kappa shape index (κ3) is 6.43. The van der Waals surface area contributed by atoms with Gasteiger partial charge in [0.05, 0.1) is 5.02 Å². The summed E-state index contributed by atoms with van der Waals surface area (Å²) in [7, 11) is 0. The topological polar surface area (TPSA) is 91.5 Å². The van der Waals surface area contributed by atoms with Crippen molar-refractivity contribution in [2.75, 3.05) is 24.5 Å². The van der Waals surface area contributed by atoms with Gasteiger partial charge in [0, 0.05) is 37.3 Å². The zero-order valence-electron chi connectivity index (χ0n) is 17.3. The van der Waals surface area contributed by atoms with Gasteiger partial charge in [0.2, 0.25) is 5.89 Å². The number of nitrogens with zero attached hydrogens (tertiary/aromatic N) is 5. The second-order valence-electron chi connectivity index (χ2n) is 7.85. The normalized spacial score (nSPS) is 17.2. The molecule has 1 fully saturated rings. The van der Waals surface area contributed by atoms with Gasteiger partial charge in [-0.25, -0.2) is 9.98 Å². The predicted octanol–water partition coefficient (Wildman–Crippen LogP) is 3.37. The van der Waals surface area contributed by atoms with Gasteiger partial charge in [-0.1, -0.05) is 37.5 Å². The Kier molecular flexibility index (Phi) is 8.50. The molecule has 0 radical (unpaired) electrons. The van der Waals surface area contributed by atoms with Crippen LogP contribution in [0.15, 0.2) is 27.8 Å². The molecular weight excluding hydrogens is 505 g/mol. The van der Waals surface area contributed by atoms with E-state index in [0.29, 0.717) is 23.3 Å². The Hall–Kier alpha value is -1.62. The minimum atomic E-state index is -0.169. The van der Waals surface area contributed by atoms with E-state index < -0.39 is 0 Å². The summed E-state index contributed by atoms with van der Waals surface area (Å²) in [6.07, 6.45) is 2.75. The Bertz CT molecular complexity index is 821. The molecule has 3 heterocycles. The molecule has 0 aliphatic carbocycles. The van der Waals surface area contributed by atoms with Gasteiger partial charge < -0.3 is 20.1 Å². The van der Waals surface area contributed by atoms with Crippen LogP contribution in [0, 0.1) is 0 Å². The van der Waals surface area contributed by atoms with Gasteiger partial charge in [0.1, 0.15) is 12.4 Å². The first-order valence-electron chi connectivity index (χ1n) is 9.60. The van der Waals surface area contributed by atoms with Crippen molar-refractivity contribution in [2.24, 2.45) is 4.99 Å². The summed E-state index contributed by atoms with van der Waals surface area (Å²) in [5.41, 5.74) is -0.169. The van der Waals surface area contributed by atoms with Crippen LogP contribution in [0.25, 0.3) is 0 Å². The number of halogens is 2. The van der Waals surface area contributed by atoms with Crippen LogP contribution in [0.4, 0.5) is 5.82 Å². The summed E-state index contributed by atoms with van der Waals surface area (Å²) < 4.78 is 5.33. The molecular formula is C19H29ClIN7O. The highest BCUT2D eigenvalue weighted by Crippen LogP contribution is 2.25. The summed E-state index contributed by atoms with van der Waals surface area (Å²) >= 11 is 6.28. The summed E-state index contributed by atoms with van der Waals surface area (Å²) in [4.78, 5) is 15.6. The van der Waals surface area contributed by atoms with E-state index in [1.54, 1.807) is 6.20 Å². The number of nitrogens with one attached hydrogen (secondary N) is 2. The van der Waals surface area contributed by atoms with Crippen molar-refractivity contribution in [2.45, 2.75) is 52.1 Å². The van der Waals surface area contributed by atoms with Crippen molar-refractivity contribution in [1.82, 2.24) is 25.8 Å². The standard InChI is InChI=1S/C19H28ClN7O.HI/c1-5-21-18(23-11-15-25-17(28-26-15)19(2,3)4)24-13-8-10-27(12-13)16-14(20)7-6-9-22-16;/h6-7,9,13H,5,8,10-12H2,1-4H3,(H2,21,23,24);1H. The van der Waals surface area contributed by atoms with E-state index in [2.05, 4.69) is 35.7 Å². The van der Waals surface area contributed by atoms with Crippen LogP contribution >= 0.6 is 35.6 Å². The molecule has 0 aromatic carbocycles. The van der Waals surface area contributed by atoms with Crippen molar-refractivity contribution in [3.05, 3.63) is 35.1 Å². The van der Waals surface area contributed by atoms with Gasteiger partial charge in [0.15, 0.2) is 11.8 Å². The Morgan fingerprint density at radius 1 is 1.41 bits per heavy atom. The van der Waals surface area contributed by atoms with Crippen molar-refractivity contribution in [3.63, 3.8) is 0 Å². The smallest absolute Gasteiger partial charge is 0.232 e. The molecule has 1 unspecified atom stereocenters. The maximum absolute atomic E-state index is 6.28. The van der Waals surface area contributed by atoms with Crippen LogP contribution in [0.3, 0.4) is 0 Å². The summed E-state index contributed by atoms with van der Waals surface area (Å²) in [5, 5.41) is 11.5. The zero-order valence-corrected chi connectivity index (χ0v) is 20.4. The molecule has 0 amide bonds. The lowest BCUT2D eigenvalue weighted by Crippen LogP contribution is -2.44. The van der Waals surface area contributed by atoms with Crippen molar-refractivity contribution < 1.29 is 4.52 Å². The number of aliphatic imine (C=N–C) groups is 1. The van der Waals surface area contributed by atoms with Crippen molar-refractivity contribution in [3.8, 4) is 0 Å². The number of guanidine groups is 1. The molecule has 1 aliphatic heterocycles. The second kappa shape index (κ2) is 10.4. The number of aromatic nitrogens is 3. The van der Waals surface area contributed by atoms with Gasteiger partial charge in [-0.3, -0.25) is 0 Å². The fourth-order valence-corrected chi connectivity index (χ4v) is 3.21. The van der Waals surface area contributed by atoms with E-state index in [4.69, 9.17) is 16.1 Å². The molecule has 1 saturated heterocycles. The van der Waals surface area contributed by atoms with E-state index in [9.17, 15) is 0 Å². The first-order chi connectivity index (χ1) is 13.4. The van der Waals surface area contributed by atoms with E-state index >= 15 is 0 Å². The molecule has 2 aromatic rings. The predicted molar refractivity (Wildman–Crippen MR) is 126 cm³/mol. The fourth-order valence-electron chi connectivity index (χ4n) is 2.97. The number of anilines is 1. The fraction of sp³-hybridized carbons (Fsp3) is 0.579. The quantitative estimate of drug-likeness (QED) is 0.346. The molecule has 3 rings (SSSR count). The molecule has 1 atom stereocenters. The lowest BCUT2D eigenvalue weighted by molar-refractivity contribution is 0.318. The maximum Gasteiger partial charge on any atom is 0.232 e. The average Bonchev–Trinajstić information content (AvgIpc) is 3.29. The van der Waals surface area contributed by atoms with Gasteiger partial charge >= 0.3 is 0 Å². The van der Waals surface area contributed by atoms with Crippen LogP contribution in [0.2, 0.25) is 5.02 Å². The minimum absolute atomic E-state index is 0. The molecule has 2 N–H and O–H groups in total. The van der Waals surface area contributed by atoms with Crippen LogP contribution in [-0.4, -0.2) is 46.8 Å². The molecule has 0 spiro atoms. The highest BCUT2D eigenvalue weighted by molar-refractivity contribution is 14.0. The molecule has 160 valence electrons. The van der Waals surface area contributed by atoms with Crippen LogP contribution < -0.4 is 15.5 Å². The first kappa shape index (κ1) is 23.7. The monoisotopic (exact) mass is 533 g/mol. The Labute approximate surface area is 193 Å². The van der Waals surface area contributed by atoms with Crippen molar-refractivity contribution >= 4 is 47.4 Å². The largest absolute Gasteiger partial charge is 0.357 e. The molecule has 0 bridgehead atoms. The zero-order chi connectivity index (χ0) is 20.1. The highest BCUT2D eigenvalue weighted by Gasteiger charge is 2.26. The van der Waals surface area contributed by atoms with Gasteiger partial charge in [-0.15, -0.1) is 24.0 Å². The van der Waals surface area contributed by atoms with E-state index in [1.165, 1.54) is 0 Å². The number of pyridine rings is 1. The summed E-state index contributed by atoms with van der Waals surface area (Å²) in [6.45, 7) is 11.0. The van der Waals surface area contributed by atoms with E-state index in [1.807, 2.05) is 39.8 Å².